The Morgan fingerprint density at radius 1 is 0.933 bits per heavy atom. The number of hydrogen-bond acceptors (Lipinski definition) is 3. The van der Waals surface area contributed by atoms with Gasteiger partial charge in [-0.05, 0) is 79.8 Å². The van der Waals surface area contributed by atoms with E-state index in [-0.39, 0.29) is 11.8 Å². The van der Waals surface area contributed by atoms with Gasteiger partial charge in [0.25, 0.3) is 0 Å². The molecule has 0 atom stereocenters. The minimum Gasteiger partial charge on any atom is -0.311 e. The van der Waals surface area contributed by atoms with E-state index in [2.05, 4.69) is 19.1 Å². The maximum Gasteiger partial charge on any atom is 0.243 e. The smallest absolute Gasteiger partial charge is 0.243 e. The van der Waals surface area contributed by atoms with Crippen LogP contribution in [0.3, 0.4) is 0 Å². The molecule has 2 aliphatic heterocycles. The van der Waals surface area contributed by atoms with Crippen molar-refractivity contribution in [2.24, 2.45) is 5.92 Å². The van der Waals surface area contributed by atoms with Gasteiger partial charge in [0, 0.05) is 31.2 Å². The number of benzene rings is 2. The summed E-state index contributed by atoms with van der Waals surface area (Å²) in [5, 5.41) is 0. The van der Waals surface area contributed by atoms with Crippen LogP contribution in [0.5, 0.6) is 0 Å². The number of nitrogens with zero attached hydrogens (tertiary/aromatic N) is 2. The highest BCUT2D eigenvalue weighted by Crippen LogP contribution is 2.35. The lowest BCUT2D eigenvalue weighted by Gasteiger charge is -2.33. The van der Waals surface area contributed by atoms with Crippen molar-refractivity contribution in [2.75, 3.05) is 24.5 Å². The Kier molecular flexibility index (Phi) is 4.94. The standard InChI is InChI=1S/C24H28N2O3S/c1-17-4-2-6-19-12-15-26(23(17)19)24(27)20-10-13-25(14-11-20)30(28,29)22-9-8-18-5-3-7-21(18)16-22/h2,4,6,8-9,16,20H,3,5,7,10-15H2,1H3. The molecule has 3 aliphatic rings. The van der Waals surface area contributed by atoms with Crippen molar-refractivity contribution in [2.45, 2.75) is 50.3 Å². The third-order valence-electron chi connectivity index (χ3n) is 6.97. The molecule has 6 heteroatoms. The minimum atomic E-state index is -3.50. The maximum absolute atomic E-state index is 13.2. The number of para-hydroxylation sites is 1. The number of sulfonamides is 1. The molecule has 0 saturated carbocycles. The summed E-state index contributed by atoms with van der Waals surface area (Å²) in [6.07, 6.45) is 5.18. The molecule has 1 amide bonds. The molecule has 2 aromatic carbocycles. The predicted octanol–water partition coefficient (Wildman–Crippen LogP) is 3.47. The van der Waals surface area contributed by atoms with E-state index in [0.29, 0.717) is 30.8 Å². The number of rotatable bonds is 3. The van der Waals surface area contributed by atoms with Crippen LogP contribution < -0.4 is 4.90 Å². The summed E-state index contributed by atoms with van der Waals surface area (Å²) in [4.78, 5) is 15.6. The molecule has 5 nitrogen and oxygen atoms in total. The van der Waals surface area contributed by atoms with Crippen molar-refractivity contribution in [3.05, 3.63) is 58.7 Å². The molecule has 158 valence electrons. The average molecular weight is 425 g/mol. The Morgan fingerprint density at radius 2 is 1.70 bits per heavy atom. The second-order valence-corrected chi connectivity index (χ2v) is 10.7. The number of amides is 1. The second kappa shape index (κ2) is 7.50. The molecule has 0 N–H and O–H groups in total. The summed E-state index contributed by atoms with van der Waals surface area (Å²) in [7, 11) is -3.50. The van der Waals surface area contributed by atoms with E-state index in [1.807, 2.05) is 23.1 Å². The van der Waals surface area contributed by atoms with E-state index in [1.165, 1.54) is 16.7 Å². The number of carbonyl (C=O) groups excluding carboxylic acids is 1. The molecule has 0 radical (unpaired) electrons. The Balaban J connectivity index is 1.28. The Bertz CT molecular complexity index is 1100. The van der Waals surface area contributed by atoms with Crippen LogP contribution in [0.1, 0.15) is 41.5 Å². The van der Waals surface area contributed by atoms with Crippen LogP contribution in [0.25, 0.3) is 0 Å². The summed E-state index contributed by atoms with van der Waals surface area (Å²) in [6, 6.07) is 11.8. The Labute approximate surface area is 178 Å². The number of carbonyl (C=O) groups is 1. The molecule has 0 spiro atoms. The first kappa shape index (κ1) is 19.8. The number of hydrogen-bond donors (Lipinski definition) is 0. The Hall–Kier alpha value is -2.18. The van der Waals surface area contributed by atoms with Crippen molar-refractivity contribution in [3.63, 3.8) is 0 Å². The fourth-order valence-corrected chi connectivity index (χ4v) is 6.81. The van der Waals surface area contributed by atoms with Crippen molar-refractivity contribution in [3.8, 4) is 0 Å². The van der Waals surface area contributed by atoms with E-state index >= 15 is 0 Å². The van der Waals surface area contributed by atoms with Gasteiger partial charge in [-0.3, -0.25) is 4.79 Å². The van der Waals surface area contributed by atoms with E-state index in [1.54, 1.807) is 10.4 Å². The molecule has 1 fully saturated rings. The monoisotopic (exact) mass is 424 g/mol. The lowest BCUT2D eigenvalue weighted by atomic mass is 9.96. The van der Waals surface area contributed by atoms with Gasteiger partial charge in [0.2, 0.25) is 15.9 Å². The molecule has 2 aromatic rings. The fourth-order valence-electron chi connectivity index (χ4n) is 5.29. The zero-order chi connectivity index (χ0) is 20.9. The number of aryl methyl sites for hydroxylation is 3. The summed E-state index contributed by atoms with van der Waals surface area (Å²) in [6.45, 7) is 3.59. The quantitative estimate of drug-likeness (QED) is 0.758. The third-order valence-corrected chi connectivity index (χ3v) is 8.87. The molecule has 2 heterocycles. The van der Waals surface area contributed by atoms with Crippen LogP contribution >= 0.6 is 0 Å². The third kappa shape index (κ3) is 3.26. The van der Waals surface area contributed by atoms with Gasteiger partial charge in [-0.15, -0.1) is 0 Å². The topological polar surface area (TPSA) is 57.7 Å². The maximum atomic E-state index is 13.2. The number of fused-ring (bicyclic) bond motifs is 2. The SMILES string of the molecule is Cc1cccc2c1N(C(=O)C1CCN(S(=O)(=O)c3ccc4c(c3)CCC4)CC1)CC2. The minimum absolute atomic E-state index is 0.109. The largest absolute Gasteiger partial charge is 0.311 e. The van der Waals surface area contributed by atoms with Gasteiger partial charge in [-0.2, -0.15) is 4.31 Å². The summed E-state index contributed by atoms with van der Waals surface area (Å²) < 4.78 is 27.9. The van der Waals surface area contributed by atoms with Crippen molar-refractivity contribution < 1.29 is 13.2 Å². The molecule has 0 aromatic heterocycles. The van der Waals surface area contributed by atoms with Crippen molar-refractivity contribution >= 4 is 21.6 Å². The van der Waals surface area contributed by atoms with Crippen molar-refractivity contribution in [1.82, 2.24) is 4.31 Å². The number of anilines is 1. The van der Waals surface area contributed by atoms with Crippen LogP contribution in [0.15, 0.2) is 41.3 Å². The van der Waals surface area contributed by atoms with Gasteiger partial charge in [0.05, 0.1) is 4.90 Å². The zero-order valence-corrected chi connectivity index (χ0v) is 18.2. The summed E-state index contributed by atoms with van der Waals surface area (Å²) >= 11 is 0. The van der Waals surface area contributed by atoms with Gasteiger partial charge in [0.1, 0.15) is 0 Å². The van der Waals surface area contributed by atoms with E-state index < -0.39 is 10.0 Å². The highest BCUT2D eigenvalue weighted by molar-refractivity contribution is 7.89. The molecule has 1 saturated heterocycles. The Morgan fingerprint density at radius 3 is 2.50 bits per heavy atom. The van der Waals surface area contributed by atoms with Crippen molar-refractivity contribution in [1.29, 1.82) is 0 Å². The molecule has 5 rings (SSSR count). The van der Waals surface area contributed by atoms with Crippen LogP contribution in [0.4, 0.5) is 5.69 Å². The summed E-state index contributed by atoms with van der Waals surface area (Å²) in [5.74, 6) is 0.0413. The summed E-state index contributed by atoms with van der Waals surface area (Å²) in [5.41, 5.74) is 5.88. The van der Waals surface area contributed by atoms with E-state index in [0.717, 1.165) is 43.5 Å². The van der Waals surface area contributed by atoms with E-state index in [9.17, 15) is 13.2 Å². The second-order valence-electron chi connectivity index (χ2n) is 8.78. The molecule has 0 bridgehead atoms. The highest BCUT2D eigenvalue weighted by Gasteiger charge is 2.36. The first-order valence-corrected chi connectivity index (χ1v) is 12.4. The zero-order valence-electron chi connectivity index (χ0n) is 17.4. The molecule has 0 unspecified atom stereocenters. The van der Waals surface area contributed by atoms with E-state index in [4.69, 9.17) is 0 Å². The van der Waals surface area contributed by atoms with Gasteiger partial charge < -0.3 is 4.90 Å². The first-order chi connectivity index (χ1) is 14.4. The normalized spacial score (nSPS) is 19.7. The number of piperidine rings is 1. The molecule has 1 aliphatic carbocycles. The van der Waals surface area contributed by atoms with Gasteiger partial charge in [-0.25, -0.2) is 8.42 Å². The lowest BCUT2D eigenvalue weighted by Crippen LogP contribution is -2.44. The molecular formula is C24H28N2O3S. The van der Waals surface area contributed by atoms with Gasteiger partial charge >= 0.3 is 0 Å². The van der Waals surface area contributed by atoms with Gasteiger partial charge in [0.15, 0.2) is 0 Å². The highest BCUT2D eigenvalue weighted by atomic mass is 32.2. The molecular weight excluding hydrogens is 396 g/mol. The first-order valence-electron chi connectivity index (χ1n) is 11.0. The van der Waals surface area contributed by atoms with Crippen LogP contribution in [0.2, 0.25) is 0 Å². The van der Waals surface area contributed by atoms with Crippen LogP contribution in [-0.4, -0.2) is 38.3 Å². The van der Waals surface area contributed by atoms with Crippen LogP contribution in [-0.2, 0) is 34.1 Å². The molecule has 30 heavy (non-hydrogen) atoms. The average Bonchev–Trinajstić information content (AvgIpc) is 3.40. The van der Waals surface area contributed by atoms with Crippen LogP contribution in [0, 0.1) is 12.8 Å². The van der Waals surface area contributed by atoms with Gasteiger partial charge in [-0.1, -0.05) is 24.3 Å². The lowest BCUT2D eigenvalue weighted by molar-refractivity contribution is -0.123. The fraction of sp³-hybridized carbons (Fsp3) is 0.458. The predicted molar refractivity (Wildman–Crippen MR) is 117 cm³/mol.